The number of hydrogen-bond acceptors (Lipinski definition) is 3. The van der Waals surface area contributed by atoms with Crippen LogP contribution in [0.4, 0.5) is 4.39 Å². The molecule has 0 saturated carbocycles. The first-order chi connectivity index (χ1) is 17.7. The molecule has 0 aliphatic rings. The Morgan fingerprint density at radius 1 is 0.868 bits per heavy atom. The number of esters is 1. The Morgan fingerprint density at radius 3 is 1.92 bits per heavy atom. The summed E-state index contributed by atoms with van der Waals surface area (Å²) < 4.78 is 25.7. The lowest BCUT2D eigenvalue weighted by molar-refractivity contribution is -0.142. The van der Waals surface area contributed by atoms with E-state index in [2.05, 4.69) is 66.8 Å². The van der Waals surface area contributed by atoms with E-state index in [1.807, 2.05) is 13.8 Å². The summed E-state index contributed by atoms with van der Waals surface area (Å²) in [5.74, 6) is 0.252. The Morgan fingerprint density at radius 2 is 1.42 bits per heavy atom. The van der Waals surface area contributed by atoms with Crippen LogP contribution in [0.15, 0.2) is 121 Å². The highest BCUT2D eigenvalue weighted by atomic mass is 19.1. The molecule has 0 heterocycles. The lowest BCUT2D eigenvalue weighted by atomic mass is 9.92. The molecule has 1 atom stereocenters. The summed E-state index contributed by atoms with van der Waals surface area (Å²) in [6.07, 6.45) is 11.1. The van der Waals surface area contributed by atoms with Gasteiger partial charge in [0.1, 0.15) is 24.8 Å². The van der Waals surface area contributed by atoms with E-state index in [-0.39, 0.29) is 24.7 Å². The van der Waals surface area contributed by atoms with Gasteiger partial charge in [-0.05, 0) is 60.5 Å². The zero-order valence-corrected chi connectivity index (χ0v) is 24.6. The average Bonchev–Trinajstić information content (AvgIpc) is 2.86. The first-order valence-electron chi connectivity index (χ1n) is 12.9. The van der Waals surface area contributed by atoms with Gasteiger partial charge in [-0.2, -0.15) is 0 Å². The summed E-state index contributed by atoms with van der Waals surface area (Å²) in [7, 11) is 0. The summed E-state index contributed by atoms with van der Waals surface area (Å²) in [4.78, 5) is 11.1. The molecule has 3 nitrogen and oxygen atoms in total. The van der Waals surface area contributed by atoms with Crippen LogP contribution in [0.2, 0.25) is 0 Å². The van der Waals surface area contributed by atoms with Crippen LogP contribution in [0.25, 0.3) is 0 Å². The molecular formula is C34H49FO3. The number of carbonyl (C=O) groups is 1. The van der Waals surface area contributed by atoms with Crippen molar-refractivity contribution in [2.24, 2.45) is 11.8 Å². The van der Waals surface area contributed by atoms with Crippen LogP contribution >= 0.6 is 0 Å². The SMILES string of the molecule is C=C(/C=C\C(=C)C(=C)/C(F)=C\C(=C)C(=C)/C(=C\C(=C)C(C)CCC(C)C)OCCOC(C)=O)CC.C=CC. The second-order valence-electron chi connectivity index (χ2n) is 9.40. The van der Waals surface area contributed by atoms with Gasteiger partial charge in [0.2, 0.25) is 0 Å². The third-order valence-electron chi connectivity index (χ3n) is 5.41. The number of rotatable bonds is 17. The van der Waals surface area contributed by atoms with Crippen LogP contribution in [0.5, 0.6) is 0 Å². The summed E-state index contributed by atoms with van der Waals surface area (Å²) >= 11 is 0. The quantitative estimate of drug-likeness (QED) is 0.0624. The van der Waals surface area contributed by atoms with Crippen molar-refractivity contribution in [3.63, 3.8) is 0 Å². The molecule has 1 unspecified atom stereocenters. The highest BCUT2D eigenvalue weighted by molar-refractivity contribution is 5.65. The molecule has 0 aliphatic heterocycles. The summed E-state index contributed by atoms with van der Waals surface area (Å²) in [5.41, 5.74) is 3.07. The fourth-order valence-electron chi connectivity index (χ4n) is 2.71. The van der Waals surface area contributed by atoms with E-state index in [1.54, 1.807) is 24.3 Å². The molecule has 0 aliphatic carbocycles. The first-order valence-corrected chi connectivity index (χ1v) is 12.9. The Balaban J connectivity index is 0. The second-order valence-corrected chi connectivity index (χ2v) is 9.40. The Labute approximate surface area is 231 Å². The Kier molecular flexibility index (Phi) is 20.0. The molecule has 0 saturated heterocycles. The molecule has 210 valence electrons. The van der Waals surface area contributed by atoms with E-state index in [0.717, 1.165) is 30.4 Å². The highest BCUT2D eigenvalue weighted by Gasteiger charge is 2.14. The third-order valence-corrected chi connectivity index (χ3v) is 5.41. The zero-order chi connectivity index (χ0) is 29.8. The molecule has 0 N–H and O–H groups in total. The zero-order valence-electron chi connectivity index (χ0n) is 24.6. The van der Waals surface area contributed by atoms with Crippen LogP contribution in [-0.2, 0) is 14.3 Å². The van der Waals surface area contributed by atoms with Gasteiger partial charge in [-0.25, -0.2) is 4.39 Å². The van der Waals surface area contributed by atoms with E-state index in [4.69, 9.17) is 9.47 Å². The van der Waals surface area contributed by atoms with E-state index in [1.165, 1.54) is 13.0 Å². The predicted molar refractivity (Wildman–Crippen MR) is 163 cm³/mol. The minimum Gasteiger partial charge on any atom is -0.489 e. The summed E-state index contributed by atoms with van der Waals surface area (Å²) in [5, 5.41) is 0. The van der Waals surface area contributed by atoms with Crippen LogP contribution in [0, 0.1) is 11.8 Å². The summed E-state index contributed by atoms with van der Waals surface area (Å²) in [6.45, 7) is 39.0. The molecule has 0 aromatic heterocycles. The molecule has 4 heteroatoms. The maximum atomic E-state index is 14.9. The Hall–Kier alpha value is -3.40. The maximum absolute atomic E-state index is 14.9. The van der Waals surface area contributed by atoms with Crippen LogP contribution in [-0.4, -0.2) is 19.2 Å². The van der Waals surface area contributed by atoms with Gasteiger partial charge in [-0.3, -0.25) is 4.79 Å². The van der Waals surface area contributed by atoms with E-state index < -0.39 is 11.8 Å². The Bertz CT molecular complexity index is 970. The van der Waals surface area contributed by atoms with Gasteiger partial charge in [-0.15, -0.1) is 6.58 Å². The number of carbonyl (C=O) groups excluding carboxylic acids is 1. The molecule has 0 aromatic carbocycles. The molecule has 0 radical (unpaired) electrons. The first kappa shape index (κ1) is 36.8. The number of ether oxygens (including phenoxy) is 2. The number of hydrogen-bond donors (Lipinski definition) is 0. The molecule has 0 spiro atoms. The maximum Gasteiger partial charge on any atom is 0.302 e. The largest absolute Gasteiger partial charge is 0.489 e. The van der Waals surface area contributed by atoms with Gasteiger partial charge in [0, 0.05) is 18.1 Å². The van der Waals surface area contributed by atoms with Gasteiger partial charge < -0.3 is 9.47 Å². The van der Waals surface area contributed by atoms with Gasteiger partial charge in [-0.1, -0.05) is 97.4 Å². The van der Waals surface area contributed by atoms with E-state index in [0.29, 0.717) is 28.4 Å². The molecular weight excluding hydrogens is 475 g/mol. The molecule has 0 rings (SSSR count). The van der Waals surface area contributed by atoms with Crippen molar-refractivity contribution in [2.45, 2.75) is 60.8 Å². The lowest BCUT2D eigenvalue weighted by Gasteiger charge is -2.18. The fraction of sp³-hybridized carbons (Fsp3) is 0.382. The van der Waals surface area contributed by atoms with Crippen LogP contribution in [0.1, 0.15) is 60.8 Å². The van der Waals surface area contributed by atoms with Crippen molar-refractivity contribution >= 4 is 5.97 Å². The van der Waals surface area contributed by atoms with E-state index in [9.17, 15) is 9.18 Å². The van der Waals surface area contributed by atoms with Gasteiger partial charge in [0.05, 0.1) is 0 Å². The minimum atomic E-state index is -0.573. The molecule has 0 fully saturated rings. The normalized spacial score (nSPS) is 12.2. The topological polar surface area (TPSA) is 35.5 Å². The van der Waals surface area contributed by atoms with Crippen molar-refractivity contribution < 1.29 is 18.7 Å². The predicted octanol–water partition coefficient (Wildman–Crippen LogP) is 9.87. The minimum absolute atomic E-state index is 0.0814. The average molecular weight is 525 g/mol. The van der Waals surface area contributed by atoms with Crippen molar-refractivity contribution in [3.05, 3.63) is 121 Å². The standard InChI is InChI=1S/C31H43FO3.C3H6/c1-12-22(4)14-16-24(6)27(9)30(32)19-26(8)28(10)31(35-18-17-34-29(11)33)20-25(7)23(5)15-13-21(2)3;1-3-2/h14,16,19-21,23H,4,6-10,12-13,15,17-18H2,1-3,5,11H3;3H,1H2,2H3/b16-14-,30-19+,31-20+;. The fourth-order valence-corrected chi connectivity index (χ4v) is 2.71. The van der Waals surface area contributed by atoms with Crippen LogP contribution < -0.4 is 0 Å². The lowest BCUT2D eigenvalue weighted by Crippen LogP contribution is -2.09. The van der Waals surface area contributed by atoms with Crippen LogP contribution in [0.3, 0.4) is 0 Å². The number of allylic oxidation sites excluding steroid dienone is 11. The molecule has 0 bridgehead atoms. The monoisotopic (exact) mass is 524 g/mol. The van der Waals surface area contributed by atoms with E-state index >= 15 is 0 Å². The second kappa shape index (κ2) is 20.6. The van der Waals surface area contributed by atoms with Crippen molar-refractivity contribution in [2.75, 3.05) is 13.2 Å². The highest BCUT2D eigenvalue weighted by Crippen LogP contribution is 2.28. The van der Waals surface area contributed by atoms with Gasteiger partial charge in [0.25, 0.3) is 0 Å². The van der Waals surface area contributed by atoms with Gasteiger partial charge >= 0.3 is 5.97 Å². The van der Waals surface area contributed by atoms with Crippen molar-refractivity contribution in [1.82, 2.24) is 0 Å². The number of halogens is 1. The van der Waals surface area contributed by atoms with Crippen molar-refractivity contribution in [1.29, 1.82) is 0 Å². The molecule has 0 aromatic rings. The summed E-state index contributed by atoms with van der Waals surface area (Å²) in [6, 6.07) is 0. The van der Waals surface area contributed by atoms with Gasteiger partial charge in [0.15, 0.2) is 0 Å². The molecule has 0 amide bonds. The molecule has 38 heavy (non-hydrogen) atoms. The van der Waals surface area contributed by atoms with Crippen molar-refractivity contribution in [3.8, 4) is 0 Å². The third kappa shape index (κ3) is 17.1. The smallest absolute Gasteiger partial charge is 0.302 e.